The monoisotopic (exact) mass is 446 g/mol. The predicted molar refractivity (Wildman–Crippen MR) is 122 cm³/mol. The highest BCUT2D eigenvalue weighted by Gasteiger charge is 2.28. The lowest BCUT2D eigenvalue weighted by molar-refractivity contribution is -0.384. The van der Waals surface area contributed by atoms with Crippen LogP contribution in [0, 0.1) is 16.0 Å². The Morgan fingerprint density at radius 1 is 1.06 bits per heavy atom. The molecule has 0 unspecified atom stereocenters. The first kappa shape index (κ1) is 22.7. The third-order valence-corrected chi connectivity index (χ3v) is 6.95. The number of nitrogens with zero attached hydrogens (tertiary/aromatic N) is 6. The minimum Gasteiger partial charge on any atom is -0.378 e. The summed E-state index contributed by atoms with van der Waals surface area (Å²) in [6.07, 6.45) is 3.26. The molecular formula is C22H34N6O4. The standard InChI is InChI=1S/C22H34N6O4/c1-2-18-5-7-27(8-6-18)22-19(28(30)31)3-4-20(23-22)25-11-9-24(10-12-25)17-21(29)26-13-15-32-16-14-26/h3-4,18H,2,5-17H2,1H3. The number of hydrogen-bond acceptors (Lipinski definition) is 8. The molecule has 0 aromatic carbocycles. The number of pyridine rings is 1. The molecule has 3 aliphatic rings. The molecule has 1 amide bonds. The van der Waals surface area contributed by atoms with Crippen molar-refractivity contribution < 1.29 is 14.5 Å². The van der Waals surface area contributed by atoms with Gasteiger partial charge in [0.15, 0.2) is 0 Å². The molecule has 0 aliphatic carbocycles. The number of ether oxygens (including phenoxy) is 1. The Hall–Kier alpha value is -2.46. The van der Waals surface area contributed by atoms with Gasteiger partial charge in [-0.1, -0.05) is 13.3 Å². The molecule has 0 bridgehead atoms. The highest BCUT2D eigenvalue weighted by molar-refractivity contribution is 5.78. The van der Waals surface area contributed by atoms with E-state index >= 15 is 0 Å². The number of hydrogen-bond donors (Lipinski definition) is 0. The first-order chi connectivity index (χ1) is 15.5. The molecule has 1 aromatic heterocycles. The van der Waals surface area contributed by atoms with E-state index in [1.807, 2.05) is 4.90 Å². The molecule has 3 aliphatic heterocycles. The number of nitro groups is 1. The second-order valence-corrected chi connectivity index (χ2v) is 8.86. The third kappa shape index (κ3) is 5.29. The van der Waals surface area contributed by atoms with Gasteiger partial charge < -0.3 is 19.4 Å². The zero-order valence-electron chi connectivity index (χ0n) is 18.9. The number of carbonyl (C=O) groups excluding carboxylic acids is 1. The van der Waals surface area contributed by atoms with Crippen LogP contribution in [0.5, 0.6) is 0 Å². The first-order valence-electron chi connectivity index (χ1n) is 11.8. The van der Waals surface area contributed by atoms with Crippen LogP contribution in [0.25, 0.3) is 0 Å². The van der Waals surface area contributed by atoms with Crippen LogP contribution in [-0.4, -0.2) is 97.7 Å². The number of carbonyl (C=O) groups is 1. The van der Waals surface area contributed by atoms with E-state index in [0.29, 0.717) is 44.6 Å². The highest BCUT2D eigenvalue weighted by Crippen LogP contribution is 2.32. The van der Waals surface area contributed by atoms with Crippen molar-refractivity contribution >= 4 is 23.2 Å². The largest absolute Gasteiger partial charge is 0.378 e. The fraction of sp³-hybridized carbons (Fsp3) is 0.727. The van der Waals surface area contributed by atoms with E-state index in [0.717, 1.165) is 64.3 Å². The molecule has 0 saturated carbocycles. The van der Waals surface area contributed by atoms with Gasteiger partial charge in [-0.25, -0.2) is 4.98 Å². The summed E-state index contributed by atoms with van der Waals surface area (Å²) in [7, 11) is 0. The van der Waals surface area contributed by atoms with Crippen molar-refractivity contribution in [2.75, 3.05) is 81.9 Å². The SMILES string of the molecule is CCC1CCN(c2nc(N3CCN(CC(=O)N4CCOCC4)CC3)ccc2[N+](=O)[O-])CC1. The summed E-state index contributed by atoms with van der Waals surface area (Å²) in [5, 5.41) is 11.6. The van der Waals surface area contributed by atoms with E-state index in [1.54, 1.807) is 12.1 Å². The maximum absolute atomic E-state index is 12.5. The molecule has 32 heavy (non-hydrogen) atoms. The van der Waals surface area contributed by atoms with Gasteiger partial charge in [-0.15, -0.1) is 0 Å². The Morgan fingerprint density at radius 3 is 2.38 bits per heavy atom. The Kier molecular flexibility index (Phi) is 7.41. The van der Waals surface area contributed by atoms with Crippen LogP contribution in [0.2, 0.25) is 0 Å². The van der Waals surface area contributed by atoms with Crippen LogP contribution in [0.4, 0.5) is 17.3 Å². The average molecular weight is 447 g/mol. The Morgan fingerprint density at radius 2 is 1.75 bits per heavy atom. The lowest BCUT2D eigenvalue weighted by atomic mass is 9.94. The quantitative estimate of drug-likeness (QED) is 0.480. The number of morpholine rings is 1. The second kappa shape index (κ2) is 10.4. The number of rotatable bonds is 6. The molecule has 4 heterocycles. The van der Waals surface area contributed by atoms with Crippen molar-refractivity contribution in [1.82, 2.24) is 14.8 Å². The van der Waals surface area contributed by atoms with Crippen LogP contribution >= 0.6 is 0 Å². The molecule has 3 saturated heterocycles. The normalized spacial score (nSPS) is 21.1. The number of aromatic nitrogens is 1. The topological polar surface area (TPSA) is 95.3 Å². The average Bonchev–Trinajstić information content (AvgIpc) is 2.84. The van der Waals surface area contributed by atoms with E-state index in [-0.39, 0.29) is 16.5 Å². The zero-order valence-corrected chi connectivity index (χ0v) is 18.9. The molecule has 176 valence electrons. The molecule has 4 rings (SSSR count). The van der Waals surface area contributed by atoms with E-state index in [2.05, 4.69) is 21.6 Å². The molecule has 10 nitrogen and oxygen atoms in total. The van der Waals surface area contributed by atoms with Crippen molar-refractivity contribution in [1.29, 1.82) is 0 Å². The Bertz CT molecular complexity index is 800. The summed E-state index contributed by atoms with van der Waals surface area (Å²) in [5.74, 6) is 2.13. The molecule has 3 fully saturated rings. The summed E-state index contributed by atoms with van der Waals surface area (Å²) in [4.78, 5) is 36.9. The van der Waals surface area contributed by atoms with Gasteiger partial charge in [0.05, 0.1) is 24.7 Å². The van der Waals surface area contributed by atoms with Crippen LogP contribution in [0.15, 0.2) is 12.1 Å². The molecule has 1 aromatic rings. The van der Waals surface area contributed by atoms with Crippen molar-refractivity contribution in [3.8, 4) is 0 Å². The molecule has 10 heteroatoms. The Balaban J connectivity index is 1.37. The van der Waals surface area contributed by atoms with Gasteiger partial charge in [-0.3, -0.25) is 19.8 Å². The molecule has 0 radical (unpaired) electrons. The number of anilines is 2. The summed E-state index contributed by atoms with van der Waals surface area (Å²) in [6, 6.07) is 3.35. The van der Waals surface area contributed by atoms with Gasteiger partial charge in [0.25, 0.3) is 0 Å². The van der Waals surface area contributed by atoms with Gasteiger partial charge in [-0.2, -0.15) is 0 Å². The van der Waals surface area contributed by atoms with Crippen LogP contribution in [0.3, 0.4) is 0 Å². The molecule has 0 atom stereocenters. The Labute approximate surface area is 189 Å². The second-order valence-electron chi connectivity index (χ2n) is 8.86. The van der Waals surface area contributed by atoms with E-state index < -0.39 is 0 Å². The molecule has 0 spiro atoms. The maximum atomic E-state index is 12.5. The molecule has 0 N–H and O–H groups in total. The maximum Gasteiger partial charge on any atom is 0.311 e. The lowest BCUT2D eigenvalue weighted by Crippen LogP contribution is -2.51. The summed E-state index contributed by atoms with van der Waals surface area (Å²) < 4.78 is 5.32. The number of piperazine rings is 1. The summed E-state index contributed by atoms with van der Waals surface area (Å²) in [5.41, 5.74) is 0.0819. The van der Waals surface area contributed by atoms with Crippen LogP contribution in [-0.2, 0) is 9.53 Å². The van der Waals surface area contributed by atoms with Gasteiger partial charge in [0, 0.05) is 58.4 Å². The van der Waals surface area contributed by atoms with Gasteiger partial charge in [-0.05, 0) is 24.8 Å². The minimum atomic E-state index is -0.326. The molecular weight excluding hydrogens is 412 g/mol. The van der Waals surface area contributed by atoms with E-state index in [9.17, 15) is 14.9 Å². The van der Waals surface area contributed by atoms with E-state index in [4.69, 9.17) is 9.72 Å². The highest BCUT2D eigenvalue weighted by atomic mass is 16.6. The predicted octanol–water partition coefficient (Wildman–Crippen LogP) is 1.60. The fourth-order valence-corrected chi connectivity index (χ4v) is 4.77. The van der Waals surface area contributed by atoms with Gasteiger partial charge >= 0.3 is 5.69 Å². The van der Waals surface area contributed by atoms with Crippen molar-refractivity contribution in [2.45, 2.75) is 26.2 Å². The third-order valence-electron chi connectivity index (χ3n) is 6.95. The van der Waals surface area contributed by atoms with Gasteiger partial charge in [0.1, 0.15) is 5.82 Å². The van der Waals surface area contributed by atoms with Crippen molar-refractivity contribution in [3.05, 3.63) is 22.2 Å². The van der Waals surface area contributed by atoms with Crippen molar-refractivity contribution in [2.24, 2.45) is 5.92 Å². The first-order valence-corrected chi connectivity index (χ1v) is 11.8. The zero-order chi connectivity index (χ0) is 22.5. The fourth-order valence-electron chi connectivity index (χ4n) is 4.77. The van der Waals surface area contributed by atoms with Crippen molar-refractivity contribution in [3.63, 3.8) is 0 Å². The summed E-state index contributed by atoms with van der Waals surface area (Å²) >= 11 is 0. The lowest BCUT2D eigenvalue weighted by Gasteiger charge is -2.37. The summed E-state index contributed by atoms with van der Waals surface area (Å²) in [6.45, 7) is 9.87. The number of amides is 1. The minimum absolute atomic E-state index is 0.0819. The van der Waals surface area contributed by atoms with Gasteiger partial charge in [0.2, 0.25) is 11.7 Å². The van der Waals surface area contributed by atoms with E-state index in [1.165, 1.54) is 0 Å². The van der Waals surface area contributed by atoms with Crippen LogP contribution in [0.1, 0.15) is 26.2 Å². The smallest absolute Gasteiger partial charge is 0.311 e. The number of piperidine rings is 1. The van der Waals surface area contributed by atoms with Crippen LogP contribution < -0.4 is 9.80 Å².